The second-order valence-corrected chi connectivity index (χ2v) is 8.07. The topological polar surface area (TPSA) is 109 Å². The highest BCUT2D eigenvalue weighted by Crippen LogP contribution is 2.55. The number of fused-ring (bicyclic) bond motifs is 1. The van der Waals surface area contributed by atoms with Gasteiger partial charge in [0.1, 0.15) is 12.0 Å². The summed E-state index contributed by atoms with van der Waals surface area (Å²) >= 11 is 0. The molecule has 0 amide bonds. The Kier molecular flexibility index (Phi) is 4.77. The van der Waals surface area contributed by atoms with Gasteiger partial charge in [-0.1, -0.05) is 18.2 Å². The maximum Gasteiger partial charge on any atom is 0.530 e. The van der Waals surface area contributed by atoms with Gasteiger partial charge in [0.05, 0.1) is 19.3 Å². The average Bonchev–Trinajstić information content (AvgIpc) is 3.10. The zero-order valence-corrected chi connectivity index (χ0v) is 15.5. The van der Waals surface area contributed by atoms with Crippen LogP contribution in [0.2, 0.25) is 0 Å². The molecule has 2 aliphatic heterocycles. The van der Waals surface area contributed by atoms with Gasteiger partial charge in [-0.05, 0) is 25.3 Å². The number of aryl methyl sites for hydroxylation is 1. The van der Waals surface area contributed by atoms with Crippen LogP contribution in [0.25, 0.3) is 0 Å². The number of H-pyrrole nitrogens is 1. The third kappa shape index (κ3) is 3.77. The van der Waals surface area contributed by atoms with E-state index in [9.17, 15) is 14.2 Å². The molecule has 3 unspecified atom stereocenters. The highest BCUT2D eigenvalue weighted by atomic mass is 31.2. The van der Waals surface area contributed by atoms with Crippen molar-refractivity contribution in [3.05, 3.63) is 62.4 Å². The summed E-state index contributed by atoms with van der Waals surface area (Å²) in [5, 5.41) is 0. The van der Waals surface area contributed by atoms with E-state index in [-0.39, 0.29) is 19.3 Å². The first-order valence-electron chi connectivity index (χ1n) is 8.58. The number of para-hydroxylation sites is 1. The third-order valence-corrected chi connectivity index (χ3v) is 5.86. The van der Waals surface area contributed by atoms with Gasteiger partial charge in [0, 0.05) is 17.8 Å². The van der Waals surface area contributed by atoms with Crippen LogP contribution in [-0.2, 0) is 25.0 Å². The van der Waals surface area contributed by atoms with Gasteiger partial charge in [-0.3, -0.25) is 23.4 Å². The molecule has 0 spiro atoms. The number of phosphoric ester groups is 1. The van der Waals surface area contributed by atoms with E-state index in [0.717, 1.165) is 11.1 Å². The molecule has 0 radical (unpaired) electrons. The summed E-state index contributed by atoms with van der Waals surface area (Å²) in [6.45, 7) is 2.02. The lowest BCUT2D eigenvalue weighted by atomic mass is 10.1. The molecule has 3 atom stereocenters. The predicted molar refractivity (Wildman–Crippen MR) is 94.6 cm³/mol. The van der Waals surface area contributed by atoms with Gasteiger partial charge in [0.2, 0.25) is 0 Å². The maximum absolute atomic E-state index is 12.7. The van der Waals surface area contributed by atoms with Gasteiger partial charge < -0.3 is 9.26 Å². The molecular formula is C17H19N2O7P. The van der Waals surface area contributed by atoms with E-state index in [1.54, 1.807) is 0 Å². The lowest BCUT2D eigenvalue weighted by Gasteiger charge is -2.26. The Labute approximate surface area is 154 Å². The predicted octanol–water partition coefficient (Wildman–Crippen LogP) is 2.26. The number of hydrogen-bond donors (Lipinski definition) is 1. The summed E-state index contributed by atoms with van der Waals surface area (Å²) in [5.41, 5.74) is 0.677. The standard InChI is InChI=1S/C17H19N2O7P/c1-11-3-2-4-12-9-23-27(22,26-16(11)12)24-10-13-5-6-15(25-13)19-8-7-14(20)18-17(19)21/h2-4,7-8,13,15H,5-6,9-10H2,1H3,(H,18,20,21). The van der Waals surface area contributed by atoms with E-state index in [1.165, 1.54) is 16.8 Å². The quantitative estimate of drug-likeness (QED) is 0.792. The molecule has 2 aliphatic rings. The number of nitrogens with zero attached hydrogens (tertiary/aromatic N) is 1. The highest BCUT2D eigenvalue weighted by Gasteiger charge is 2.37. The number of phosphoric acid groups is 1. The molecule has 4 rings (SSSR count). The van der Waals surface area contributed by atoms with E-state index in [4.69, 9.17) is 18.3 Å². The van der Waals surface area contributed by atoms with Crippen LogP contribution >= 0.6 is 7.82 Å². The number of aromatic amines is 1. The zero-order chi connectivity index (χ0) is 19.0. The Morgan fingerprint density at radius 3 is 2.96 bits per heavy atom. The second kappa shape index (κ2) is 7.09. The molecule has 10 heteroatoms. The van der Waals surface area contributed by atoms with Gasteiger partial charge in [0.15, 0.2) is 0 Å². The fraction of sp³-hybridized carbons (Fsp3) is 0.412. The first-order valence-corrected chi connectivity index (χ1v) is 10.0. The zero-order valence-electron chi connectivity index (χ0n) is 14.6. The van der Waals surface area contributed by atoms with Crippen molar-refractivity contribution in [1.29, 1.82) is 0 Å². The summed E-state index contributed by atoms with van der Waals surface area (Å²) in [5.74, 6) is 0.525. The summed E-state index contributed by atoms with van der Waals surface area (Å²) < 4.78 is 36.1. The van der Waals surface area contributed by atoms with Crippen molar-refractivity contribution in [1.82, 2.24) is 9.55 Å². The number of ether oxygens (including phenoxy) is 1. The van der Waals surface area contributed by atoms with E-state index in [2.05, 4.69) is 4.98 Å². The Balaban J connectivity index is 1.39. The van der Waals surface area contributed by atoms with E-state index < -0.39 is 25.3 Å². The molecule has 9 nitrogen and oxygen atoms in total. The average molecular weight is 394 g/mol. The summed E-state index contributed by atoms with van der Waals surface area (Å²) in [6.07, 6.45) is 1.68. The van der Waals surface area contributed by atoms with Gasteiger partial charge >= 0.3 is 13.5 Å². The van der Waals surface area contributed by atoms with Crippen molar-refractivity contribution in [3.63, 3.8) is 0 Å². The number of benzene rings is 1. The van der Waals surface area contributed by atoms with Gasteiger partial charge in [-0.25, -0.2) is 9.36 Å². The monoisotopic (exact) mass is 394 g/mol. The van der Waals surface area contributed by atoms with E-state index in [1.807, 2.05) is 25.1 Å². The molecule has 2 aromatic rings. The van der Waals surface area contributed by atoms with Crippen LogP contribution in [0, 0.1) is 6.92 Å². The van der Waals surface area contributed by atoms with Gasteiger partial charge in [0.25, 0.3) is 5.56 Å². The molecule has 0 saturated carbocycles. The minimum absolute atomic E-state index is 0.00704. The van der Waals surface area contributed by atoms with Crippen molar-refractivity contribution in [2.45, 2.75) is 38.7 Å². The minimum atomic E-state index is -3.73. The third-order valence-electron chi connectivity index (χ3n) is 4.54. The van der Waals surface area contributed by atoms with Crippen LogP contribution in [0.3, 0.4) is 0 Å². The Morgan fingerprint density at radius 2 is 2.15 bits per heavy atom. The second-order valence-electron chi connectivity index (χ2n) is 6.48. The molecule has 1 saturated heterocycles. The number of rotatable bonds is 4. The van der Waals surface area contributed by atoms with Crippen LogP contribution in [0.5, 0.6) is 5.75 Å². The lowest BCUT2D eigenvalue weighted by Crippen LogP contribution is -2.31. The highest BCUT2D eigenvalue weighted by molar-refractivity contribution is 7.49. The SMILES string of the molecule is Cc1cccc2c1OP(=O)(OCC1CCC(n3ccc(=O)[nH]c3=O)O1)OC2. The first-order chi connectivity index (χ1) is 12.9. The molecule has 27 heavy (non-hydrogen) atoms. The van der Waals surface area contributed by atoms with Crippen LogP contribution in [0.4, 0.5) is 0 Å². The molecule has 1 N–H and O–H groups in total. The number of nitrogens with one attached hydrogen (secondary N) is 1. The Bertz CT molecular complexity index is 1010. The fourth-order valence-electron chi connectivity index (χ4n) is 3.15. The molecular weight excluding hydrogens is 375 g/mol. The Hall–Kier alpha value is -2.19. The summed E-state index contributed by atoms with van der Waals surface area (Å²) in [7, 11) is -3.73. The van der Waals surface area contributed by atoms with Crippen molar-refractivity contribution in [3.8, 4) is 5.75 Å². The minimum Gasteiger partial charge on any atom is -0.403 e. The molecule has 0 bridgehead atoms. The van der Waals surface area contributed by atoms with E-state index >= 15 is 0 Å². The van der Waals surface area contributed by atoms with Crippen molar-refractivity contribution in [2.24, 2.45) is 0 Å². The fourth-order valence-corrected chi connectivity index (χ4v) is 4.46. The van der Waals surface area contributed by atoms with Gasteiger partial charge in [-0.15, -0.1) is 0 Å². The van der Waals surface area contributed by atoms with E-state index in [0.29, 0.717) is 18.6 Å². The Morgan fingerprint density at radius 1 is 1.30 bits per heavy atom. The molecule has 3 heterocycles. The van der Waals surface area contributed by atoms with Crippen molar-refractivity contribution >= 4 is 7.82 Å². The molecule has 0 aliphatic carbocycles. The van der Waals surface area contributed by atoms with Gasteiger partial charge in [-0.2, -0.15) is 0 Å². The molecule has 1 fully saturated rings. The molecule has 1 aromatic heterocycles. The van der Waals surface area contributed by atoms with Crippen molar-refractivity contribution in [2.75, 3.05) is 6.61 Å². The number of hydrogen-bond acceptors (Lipinski definition) is 7. The smallest absolute Gasteiger partial charge is 0.403 e. The normalized spacial score (nSPS) is 27.1. The molecule has 144 valence electrons. The van der Waals surface area contributed by atoms with Crippen LogP contribution in [-0.4, -0.2) is 22.3 Å². The summed E-state index contributed by atoms with van der Waals surface area (Å²) in [4.78, 5) is 25.2. The largest absolute Gasteiger partial charge is 0.530 e. The number of aromatic nitrogens is 2. The van der Waals surface area contributed by atoms with Crippen LogP contribution in [0.15, 0.2) is 40.1 Å². The first kappa shape index (κ1) is 18.2. The van der Waals surface area contributed by atoms with Crippen molar-refractivity contribution < 1.29 is 22.9 Å². The van der Waals surface area contributed by atoms with Crippen LogP contribution < -0.4 is 15.8 Å². The molecule has 1 aromatic carbocycles. The summed E-state index contributed by atoms with van der Waals surface area (Å²) in [6, 6.07) is 6.85. The lowest BCUT2D eigenvalue weighted by molar-refractivity contribution is -0.0264. The maximum atomic E-state index is 12.7. The van der Waals surface area contributed by atoms with Crippen LogP contribution in [0.1, 0.15) is 30.2 Å².